The molecule has 1 unspecified atom stereocenters. The molecule has 0 amide bonds. The molecule has 0 radical (unpaired) electrons. The molecule has 0 aliphatic rings. The van der Waals surface area contributed by atoms with Crippen LogP contribution in [0.4, 0.5) is 18.9 Å². The van der Waals surface area contributed by atoms with E-state index in [9.17, 15) is 13.2 Å². The Morgan fingerprint density at radius 3 is 2.55 bits per heavy atom. The van der Waals surface area contributed by atoms with E-state index in [0.717, 1.165) is 9.35 Å². The van der Waals surface area contributed by atoms with E-state index in [1.165, 1.54) is 23.5 Å². The molecule has 1 N–H and O–H groups in total. The Morgan fingerprint density at radius 1 is 1.25 bits per heavy atom. The molecule has 2 rings (SSSR count). The second kappa shape index (κ2) is 6.05. The summed E-state index contributed by atoms with van der Waals surface area (Å²) in [4.78, 5) is 1.01. The van der Waals surface area contributed by atoms with Crippen molar-refractivity contribution >= 4 is 33.0 Å². The van der Waals surface area contributed by atoms with Crippen molar-refractivity contribution in [2.75, 3.05) is 5.32 Å². The van der Waals surface area contributed by atoms with Crippen molar-refractivity contribution in [3.63, 3.8) is 0 Å². The first kappa shape index (κ1) is 15.2. The minimum Gasteiger partial charge on any atom is -0.404 e. The molecule has 0 spiro atoms. The summed E-state index contributed by atoms with van der Waals surface area (Å²) in [5, 5.41) is 4.94. The highest BCUT2D eigenvalue weighted by Crippen LogP contribution is 2.35. The Hall–Kier alpha value is -1.21. The molecule has 2 nitrogen and oxygen atoms in total. The van der Waals surface area contributed by atoms with Crippen LogP contribution in [-0.2, 0) is 0 Å². The van der Waals surface area contributed by atoms with Crippen LogP contribution in [0, 0.1) is 0 Å². The highest BCUT2D eigenvalue weighted by Gasteiger charge is 2.32. The van der Waals surface area contributed by atoms with Gasteiger partial charge in [0.1, 0.15) is 0 Å². The molecule has 0 aliphatic carbocycles. The minimum absolute atomic E-state index is 0.137. The molecule has 20 heavy (non-hydrogen) atoms. The molecule has 1 aromatic heterocycles. The molecule has 0 bridgehead atoms. The van der Waals surface area contributed by atoms with Gasteiger partial charge in [-0.15, -0.1) is 24.5 Å². The monoisotopic (exact) mass is 365 g/mol. The summed E-state index contributed by atoms with van der Waals surface area (Å²) >= 11 is 4.93. The van der Waals surface area contributed by atoms with E-state index < -0.39 is 6.36 Å². The van der Waals surface area contributed by atoms with E-state index in [1.54, 1.807) is 12.1 Å². The maximum absolute atomic E-state index is 12.3. The summed E-state index contributed by atoms with van der Waals surface area (Å²) in [5.74, 6) is -0.237. The summed E-state index contributed by atoms with van der Waals surface area (Å²) in [5.41, 5.74) is 0.303. The highest BCUT2D eigenvalue weighted by atomic mass is 79.9. The van der Waals surface area contributed by atoms with Gasteiger partial charge in [-0.1, -0.05) is 12.1 Å². The van der Waals surface area contributed by atoms with Crippen LogP contribution < -0.4 is 10.1 Å². The number of anilines is 1. The van der Waals surface area contributed by atoms with E-state index in [4.69, 9.17) is 0 Å². The van der Waals surface area contributed by atoms with Gasteiger partial charge >= 0.3 is 6.36 Å². The van der Waals surface area contributed by atoms with Crippen LogP contribution in [0.2, 0.25) is 0 Å². The average molecular weight is 366 g/mol. The standard InChI is InChI=1S/C13H11BrF3NOS/c1-8(12-9(14)6-7-20-12)18-10-4-2-3-5-11(10)19-13(15,16)17/h2-8,18H,1H3. The second-order valence-electron chi connectivity index (χ2n) is 4.04. The lowest BCUT2D eigenvalue weighted by atomic mass is 10.2. The van der Waals surface area contributed by atoms with Gasteiger partial charge in [0.2, 0.25) is 0 Å². The maximum atomic E-state index is 12.3. The third-order valence-corrected chi connectivity index (χ3v) is 4.58. The topological polar surface area (TPSA) is 21.3 Å². The van der Waals surface area contributed by atoms with Crippen molar-refractivity contribution in [3.8, 4) is 5.75 Å². The Bertz CT molecular complexity index is 585. The Labute approximate surface area is 126 Å². The quantitative estimate of drug-likeness (QED) is 0.763. The zero-order valence-corrected chi connectivity index (χ0v) is 12.8. The van der Waals surface area contributed by atoms with Crippen molar-refractivity contribution in [1.29, 1.82) is 0 Å². The molecule has 7 heteroatoms. The van der Waals surface area contributed by atoms with Crippen LogP contribution in [0.25, 0.3) is 0 Å². The zero-order chi connectivity index (χ0) is 14.8. The number of nitrogens with one attached hydrogen (secondary N) is 1. The Balaban J connectivity index is 2.19. The maximum Gasteiger partial charge on any atom is 0.573 e. The van der Waals surface area contributed by atoms with Gasteiger partial charge in [-0.2, -0.15) is 0 Å². The van der Waals surface area contributed by atoms with Crippen LogP contribution in [0.1, 0.15) is 17.8 Å². The lowest BCUT2D eigenvalue weighted by Gasteiger charge is -2.18. The zero-order valence-electron chi connectivity index (χ0n) is 10.4. The molecule has 108 valence electrons. The van der Waals surface area contributed by atoms with Crippen LogP contribution in [0.3, 0.4) is 0 Å². The van der Waals surface area contributed by atoms with Crippen molar-refractivity contribution < 1.29 is 17.9 Å². The van der Waals surface area contributed by atoms with Gasteiger partial charge in [-0.25, -0.2) is 0 Å². The number of hydrogen-bond donors (Lipinski definition) is 1. The number of rotatable bonds is 4. The van der Waals surface area contributed by atoms with Gasteiger partial charge < -0.3 is 10.1 Å². The second-order valence-corrected chi connectivity index (χ2v) is 5.84. The molecule has 1 atom stereocenters. The number of alkyl halides is 3. The van der Waals surface area contributed by atoms with E-state index in [1.807, 2.05) is 18.4 Å². The molecular weight excluding hydrogens is 355 g/mol. The molecule has 1 heterocycles. The molecule has 2 aromatic rings. The van der Waals surface area contributed by atoms with Gasteiger partial charge in [-0.05, 0) is 46.4 Å². The average Bonchev–Trinajstić information content (AvgIpc) is 2.76. The first-order valence-electron chi connectivity index (χ1n) is 5.71. The van der Waals surface area contributed by atoms with E-state index >= 15 is 0 Å². The first-order valence-corrected chi connectivity index (χ1v) is 7.38. The summed E-state index contributed by atoms with van der Waals surface area (Å²) < 4.78 is 42.0. The largest absolute Gasteiger partial charge is 0.573 e. The molecule has 1 aromatic carbocycles. The number of benzene rings is 1. The molecule has 0 saturated heterocycles. The van der Waals surface area contributed by atoms with Gasteiger partial charge in [0.25, 0.3) is 0 Å². The Morgan fingerprint density at radius 2 is 1.95 bits per heavy atom. The molecule has 0 aliphatic heterocycles. The van der Waals surface area contributed by atoms with Crippen molar-refractivity contribution in [2.24, 2.45) is 0 Å². The number of halogens is 4. The summed E-state index contributed by atoms with van der Waals surface area (Å²) in [6, 6.07) is 7.75. The van der Waals surface area contributed by atoms with Crippen molar-refractivity contribution in [2.45, 2.75) is 19.3 Å². The number of hydrogen-bond acceptors (Lipinski definition) is 3. The normalized spacial score (nSPS) is 13.1. The summed E-state index contributed by atoms with van der Waals surface area (Å²) in [6.07, 6.45) is -4.70. The molecular formula is C13H11BrF3NOS. The number of thiophene rings is 1. The molecule has 0 fully saturated rings. The number of ether oxygens (including phenoxy) is 1. The van der Waals surface area contributed by atoms with Crippen LogP contribution in [-0.4, -0.2) is 6.36 Å². The summed E-state index contributed by atoms with van der Waals surface area (Å²) in [7, 11) is 0. The predicted octanol–water partition coefficient (Wildman–Crippen LogP) is 5.58. The first-order chi connectivity index (χ1) is 9.37. The third kappa shape index (κ3) is 3.89. The predicted molar refractivity (Wildman–Crippen MR) is 77.2 cm³/mol. The Kier molecular flexibility index (Phi) is 4.59. The highest BCUT2D eigenvalue weighted by molar-refractivity contribution is 9.10. The van der Waals surface area contributed by atoms with Gasteiger partial charge in [-0.3, -0.25) is 0 Å². The number of para-hydroxylation sites is 2. The van der Waals surface area contributed by atoms with E-state index in [0.29, 0.717) is 5.69 Å². The minimum atomic E-state index is -4.70. The van der Waals surface area contributed by atoms with E-state index in [2.05, 4.69) is 26.0 Å². The van der Waals surface area contributed by atoms with Gasteiger partial charge in [0.15, 0.2) is 5.75 Å². The van der Waals surface area contributed by atoms with Crippen LogP contribution in [0.15, 0.2) is 40.2 Å². The smallest absolute Gasteiger partial charge is 0.404 e. The van der Waals surface area contributed by atoms with E-state index in [-0.39, 0.29) is 11.8 Å². The lowest BCUT2D eigenvalue weighted by molar-refractivity contribution is -0.274. The fourth-order valence-electron chi connectivity index (χ4n) is 1.71. The van der Waals surface area contributed by atoms with Crippen molar-refractivity contribution in [1.82, 2.24) is 0 Å². The SMILES string of the molecule is CC(Nc1ccccc1OC(F)(F)F)c1sccc1Br. The van der Waals surface area contributed by atoms with Crippen molar-refractivity contribution in [3.05, 3.63) is 45.1 Å². The van der Waals surface area contributed by atoms with Crippen LogP contribution in [0.5, 0.6) is 5.75 Å². The summed E-state index contributed by atoms with van der Waals surface area (Å²) in [6.45, 7) is 1.88. The van der Waals surface area contributed by atoms with Gasteiger partial charge in [0.05, 0.1) is 11.7 Å². The van der Waals surface area contributed by atoms with Gasteiger partial charge in [0, 0.05) is 9.35 Å². The van der Waals surface area contributed by atoms with Crippen LogP contribution >= 0.6 is 27.3 Å². The molecule has 0 saturated carbocycles. The third-order valence-electron chi connectivity index (χ3n) is 2.52. The fourth-order valence-corrected chi connectivity index (χ4v) is 3.44. The fraction of sp³-hybridized carbons (Fsp3) is 0.231. The lowest BCUT2D eigenvalue weighted by Crippen LogP contribution is -2.18.